The lowest BCUT2D eigenvalue weighted by atomic mass is 10.1. The van der Waals surface area contributed by atoms with Crippen molar-refractivity contribution < 1.29 is 27.0 Å². The first-order valence-electron chi connectivity index (χ1n) is 8.48. The fourth-order valence-corrected chi connectivity index (χ4v) is 7.56. The van der Waals surface area contributed by atoms with Gasteiger partial charge in [-0.25, -0.2) is 16.8 Å². The molecule has 2 aromatic carbocycles. The van der Waals surface area contributed by atoms with Crippen LogP contribution in [-0.2, 0) is 19.9 Å². The van der Waals surface area contributed by atoms with Crippen molar-refractivity contribution in [2.24, 2.45) is 0 Å². The van der Waals surface area contributed by atoms with Gasteiger partial charge in [-0.2, -0.15) is 9.57 Å². The van der Waals surface area contributed by atoms with E-state index in [-0.39, 0.29) is 25.4 Å². The highest BCUT2D eigenvalue weighted by atomic mass is 35.5. The summed E-state index contributed by atoms with van der Waals surface area (Å²) in [6, 6.07) is 10.6. The molecule has 3 rings (SSSR count). The van der Waals surface area contributed by atoms with E-state index in [9.17, 15) is 27.0 Å². The fourth-order valence-electron chi connectivity index (χ4n) is 3.26. The highest BCUT2D eigenvalue weighted by Crippen LogP contribution is 2.36. The summed E-state index contributed by atoms with van der Waals surface area (Å²) in [6.45, 7) is -2.22. The minimum absolute atomic E-state index is 0.159. The van der Waals surface area contributed by atoms with Crippen LogP contribution in [0.15, 0.2) is 52.3 Å². The Kier molecular flexibility index (Phi) is 6.19. The van der Waals surface area contributed by atoms with E-state index >= 15 is 0 Å². The van der Waals surface area contributed by atoms with Crippen LogP contribution in [0.25, 0.3) is 0 Å². The molecule has 0 amide bonds. The first kappa shape index (κ1) is 23.0. The number of hydrogen-bond acceptors (Lipinski definition) is 7. The Morgan fingerprint density at radius 3 is 2.30 bits per heavy atom. The quantitative estimate of drug-likeness (QED) is 0.646. The monoisotopic (exact) mass is 490 g/mol. The summed E-state index contributed by atoms with van der Waals surface area (Å²) in [4.78, 5) is -0.507. The predicted octanol–water partition coefficient (Wildman–Crippen LogP) is 1.44. The first-order chi connectivity index (χ1) is 14.0. The van der Waals surface area contributed by atoms with Crippen molar-refractivity contribution in [1.29, 1.82) is 5.26 Å². The maximum atomic E-state index is 13.1. The molecule has 1 aliphatic heterocycles. The van der Waals surface area contributed by atoms with Gasteiger partial charge in [-0.05, 0) is 42.5 Å². The summed E-state index contributed by atoms with van der Waals surface area (Å²) >= 11 is 11.8. The normalized spacial score (nSPS) is 22.7. The molecule has 2 atom stereocenters. The number of β-amino-alcohol motifs (C(OH)–C–C–N with tert-alkyl or cyclic N) is 1. The van der Waals surface area contributed by atoms with Gasteiger partial charge in [-0.15, -0.1) is 0 Å². The van der Waals surface area contributed by atoms with E-state index < -0.39 is 50.4 Å². The molecule has 0 bridgehead atoms. The summed E-state index contributed by atoms with van der Waals surface area (Å²) < 4.78 is 53.1. The number of rotatable bonds is 5. The molecule has 0 unspecified atom stereocenters. The number of sulfonamides is 1. The van der Waals surface area contributed by atoms with E-state index in [2.05, 4.69) is 0 Å². The van der Waals surface area contributed by atoms with Crippen LogP contribution >= 0.6 is 23.2 Å². The molecule has 160 valence electrons. The molecule has 2 aromatic rings. The number of sulfone groups is 1. The third-order valence-electron chi connectivity index (χ3n) is 4.89. The number of hydrogen-bond donors (Lipinski definition) is 2. The van der Waals surface area contributed by atoms with Crippen molar-refractivity contribution in [1.82, 2.24) is 4.31 Å². The Hall–Kier alpha value is -1.71. The minimum Gasteiger partial charge on any atom is -0.393 e. The molecular weight excluding hydrogens is 475 g/mol. The summed E-state index contributed by atoms with van der Waals surface area (Å²) in [5, 5.41) is 27.8. The third kappa shape index (κ3) is 3.94. The van der Waals surface area contributed by atoms with Gasteiger partial charge in [-0.3, -0.25) is 0 Å². The van der Waals surface area contributed by atoms with Crippen LogP contribution in [0.5, 0.6) is 0 Å². The first-order valence-corrected chi connectivity index (χ1v) is 12.2. The van der Waals surface area contributed by atoms with Crippen molar-refractivity contribution in [2.45, 2.75) is 20.6 Å². The van der Waals surface area contributed by atoms with Gasteiger partial charge in [0.05, 0.1) is 28.2 Å². The summed E-state index contributed by atoms with van der Waals surface area (Å²) in [5.41, 5.74) is -2.00. The largest absolute Gasteiger partial charge is 0.393 e. The average molecular weight is 491 g/mol. The van der Waals surface area contributed by atoms with Gasteiger partial charge in [0, 0.05) is 18.1 Å². The lowest BCUT2D eigenvalue weighted by Crippen LogP contribution is -2.49. The lowest BCUT2D eigenvalue weighted by Gasteiger charge is -2.26. The summed E-state index contributed by atoms with van der Waals surface area (Å²) in [7, 11) is -8.54. The molecule has 0 saturated carbocycles. The van der Waals surface area contributed by atoms with Crippen LogP contribution in [0.1, 0.15) is 5.56 Å². The van der Waals surface area contributed by atoms with E-state index in [1.165, 1.54) is 42.5 Å². The molecule has 0 spiro atoms. The van der Waals surface area contributed by atoms with E-state index in [0.717, 1.165) is 4.31 Å². The zero-order valence-corrected chi connectivity index (χ0v) is 18.4. The molecule has 0 aliphatic carbocycles. The second-order valence-corrected chi connectivity index (χ2v) is 11.7. The SMILES string of the molecule is N#Cc1ccc(S(=O)(=O)[C@H]2CN(S(=O)(=O)c3ccc(Cl)cc3Cl)C[C@]2(O)CO)cc1. The average Bonchev–Trinajstić information content (AvgIpc) is 3.07. The number of halogens is 2. The Labute approximate surface area is 183 Å². The van der Waals surface area contributed by atoms with Crippen LogP contribution in [0.4, 0.5) is 0 Å². The van der Waals surface area contributed by atoms with Crippen molar-refractivity contribution in [3.63, 3.8) is 0 Å². The number of aliphatic hydroxyl groups excluding tert-OH is 1. The smallest absolute Gasteiger partial charge is 0.244 e. The maximum Gasteiger partial charge on any atom is 0.244 e. The van der Waals surface area contributed by atoms with Gasteiger partial charge in [0.15, 0.2) is 9.84 Å². The van der Waals surface area contributed by atoms with Crippen LogP contribution in [-0.4, -0.2) is 61.9 Å². The van der Waals surface area contributed by atoms with E-state index in [1.54, 1.807) is 0 Å². The van der Waals surface area contributed by atoms with E-state index in [0.29, 0.717) is 0 Å². The van der Waals surface area contributed by atoms with Crippen molar-refractivity contribution >= 4 is 43.1 Å². The molecule has 1 heterocycles. The van der Waals surface area contributed by atoms with Gasteiger partial charge in [0.2, 0.25) is 10.0 Å². The van der Waals surface area contributed by atoms with Crippen LogP contribution in [0.3, 0.4) is 0 Å². The Bertz CT molecular complexity index is 1230. The van der Waals surface area contributed by atoms with Crippen LogP contribution < -0.4 is 0 Å². The molecule has 8 nitrogen and oxygen atoms in total. The number of nitrogens with zero attached hydrogens (tertiary/aromatic N) is 2. The molecule has 2 N–H and O–H groups in total. The molecule has 12 heteroatoms. The third-order valence-corrected chi connectivity index (χ3v) is 9.69. The zero-order valence-electron chi connectivity index (χ0n) is 15.2. The van der Waals surface area contributed by atoms with Crippen molar-refractivity contribution in [2.75, 3.05) is 19.7 Å². The summed E-state index contributed by atoms with van der Waals surface area (Å²) in [6.07, 6.45) is 0. The highest BCUT2D eigenvalue weighted by molar-refractivity contribution is 7.92. The molecule has 30 heavy (non-hydrogen) atoms. The van der Waals surface area contributed by atoms with Gasteiger partial charge >= 0.3 is 0 Å². The Morgan fingerprint density at radius 2 is 1.77 bits per heavy atom. The van der Waals surface area contributed by atoms with Crippen molar-refractivity contribution in [3.8, 4) is 6.07 Å². The standard InChI is InChI=1S/C18H16Cl2N2O6S2/c19-13-3-6-16(15(20)7-13)30(27,28)22-9-17(18(24,10-22)11-23)29(25,26)14-4-1-12(8-21)2-5-14/h1-7,17,23-24H,9-11H2/t17-,18-/m0/s1. The summed E-state index contributed by atoms with van der Waals surface area (Å²) in [5.74, 6) is 0. The molecule has 1 saturated heterocycles. The predicted molar refractivity (Wildman–Crippen MR) is 109 cm³/mol. The molecule has 1 aliphatic rings. The Balaban J connectivity index is 2.02. The Morgan fingerprint density at radius 1 is 1.13 bits per heavy atom. The maximum absolute atomic E-state index is 13.1. The number of nitriles is 1. The molecule has 1 fully saturated rings. The zero-order chi connectivity index (χ0) is 22.3. The molecule has 0 aromatic heterocycles. The minimum atomic E-state index is -4.29. The van der Waals surface area contributed by atoms with E-state index in [4.69, 9.17) is 28.5 Å². The van der Waals surface area contributed by atoms with Crippen LogP contribution in [0.2, 0.25) is 10.0 Å². The second kappa shape index (κ2) is 8.09. The van der Waals surface area contributed by atoms with Gasteiger partial charge < -0.3 is 10.2 Å². The highest BCUT2D eigenvalue weighted by Gasteiger charge is 2.55. The van der Waals surface area contributed by atoms with Gasteiger partial charge in [0.25, 0.3) is 0 Å². The fraction of sp³-hybridized carbons (Fsp3) is 0.278. The topological polar surface area (TPSA) is 136 Å². The molecule has 0 radical (unpaired) electrons. The number of aliphatic hydroxyl groups is 2. The lowest BCUT2D eigenvalue weighted by molar-refractivity contribution is 0.00160. The molecular formula is C18H16Cl2N2O6S2. The van der Waals surface area contributed by atoms with Gasteiger partial charge in [-0.1, -0.05) is 23.2 Å². The number of benzene rings is 2. The van der Waals surface area contributed by atoms with Crippen molar-refractivity contribution in [3.05, 3.63) is 58.1 Å². The van der Waals surface area contributed by atoms with Crippen LogP contribution in [0, 0.1) is 11.3 Å². The second-order valence-electron chi connectivity index (χ2n) is 6.80. The van der Waals surface area contributed by atoms with Gasteiger partial charge in [0.1, 0.15) is 15.7 Å². The van der Waals surface area contributed by atoms with E-state index in [1.807, 2.05) is 6.07 Å².